The van der Waals surface area contributed by atoms with Gasteiger partial charge in [-0.25, -0.2) is 4.39 Å². The number of halogens is 1. The molecule has 138 valence electrons. The minimum absolute atomic E-state index is 0.00862. The van der Waals surface area contributed by atoms with Gasteiger partial charge in [-0.3, -0.25) is 4.79 Å². The molecule has 2 fully saturated rings. The van der Waals surface area contributed by atoms with Crippen LogP contribution in [0.1, 0.15) is 51.0 Å². The maximum atomic E-state index is 13.3. The Bertz CT molecular complexity index is 781. The van der Waals surface area contributed by atoms with Crippen molar-refractivity contribution in [2.75, 3.05) is 0 Å². The van der Waals surface area contributed by atoms with E-state index in [0.717, 1.165) is 12.8 Å². The average molecular weight is 358 g/mol. The van der Waals surface area contributed by atoms with Crippen LogP contribution in [0.15, 0.2) is 28.8 Å². The third kappa shape index (κ3) is 3.77. The predicted octanol–water partition coefficient (Wildman–Crippen LogP) is 2.97. The Morgan fingerprint density at radius 3 is 2.88 bits per heavy atom. The first-order valence-electron chi connectivity index (χ1n) is 9.22. The summed E-state index contributed by atoms with van der Waals surface area (Å²) in [4.78, 5) is 16.7. The van der Waals surface area contributed by atoms with Crippen molar-refractivity contribution in [1.29, 1.82) is 0 Å². The molecule has 1 amide bonds. The number of nitrogens with one attached hydrogen (secondary N) is 2. The standard InChI is InChI=1S/C19H23FN4O2/c1-11(19-23-18(24-26-19)13-3-2-4-14(20)10-13)21-17(25)9-12-7-15-5-6-16(8-12)22-15/h2-4,10-12,15-16,22H,5-9H2,1H3,(H,21,25). The van der Waals surface area contributed by atoms with Crippen LogP contribution in [-0.2, 0) is 4.79 Å². The van der Waals surface area contributed by atoms with Crippen molar-refractivity contribution in [1.82, 2.24) is 20.8 Å². The van der Waals surface area contributed by atoms with Crippen LogP contribution in [0.3, 0.4) is 0 Å². The van der Waals surface area contributed by atoms with Crippen molar-refractivity contribution in [3.05, 3.63) is 36.0 Å². The second-order valence-corrected chi connectivity index (χ2v) is 7.44. The molecule has 4 rings (SSSR count). The molecule has 0 aliphatic carbocycles. The number of carbonyl (C=O) groups is 1. The molecule has 0 saturated carbocycles. The van der Waals surface area contributed by atoms with Crippen molar-refractivity contribution in [3.8, 4) is 11.4 Å². The number of hydrogen-bond acceptors (Lipinski definition) is 5. The first kappa shape index (κ1) is 17.1. The molecule has 0 spiro atoms. The highest BCUT2D eigenvalue weighted by atomic mass is 19.1. The molecule has 2 saturated heterocycles. The summed E-state index contributed by atoms with van der Waals surface area (Å²) in [5.74, 6) is 0.727. The lowest BCUT2D eigenvalue weighted by molar-refractivity contribution is -0.123. The highest BCUT2D eigenvalue weighted by Gasteiger charge is 2.34. The minimum Gasteiger partial charge on any atom is -0.345 e. The van der Waals surface area contributed by atoms with E-state index in [2.05, 4.69) is 20.8 Å². The zero-order chi connectivity index (χ0) is 18.1. The number of fused-ring (bicyclic) bond motifs is 2. The van der Waals surface area contributed by atoms with Gasteiger partial charge in [-0.2, -0.15) is 4.98 Å². The maximum Gasteiger partial charge on any atom is 0.249 e. The number of hydrogen-bond donors (Lipinski definition) is 2. The number of benzene rings is 1. The second kappa shape index (κ2) is 7.15. The van der Waals surface area contributed by atoms with E-state index in [1.54, 1.807) is 12.1 Å². The Morgan fingerprint density at radius 2 is 2.15 bits per heavy atom. The molecule has 2 N–H and O–H groups in total. The molecule has 3 heterocycles. The van der Waals surface area contributed by atoms with Gasteiger partial charge in [0, 0.05) is 24.1 Å². The fraction of sp³-hybridized carbons (Fsp3) is 0.526. The van der Waals surface area contributed by atoms with E-state index < -0.39 is 0 Å². The first-order chi connectivity index (χ1) is 12.6. The summed E-state index contributed by atoms with van der Waals surface area (Å²) >= 11 is 0. The summed E-state index contributed by atoms with van der Waals surface area (Å²) in [6, 6.07) is 6.80. The number of rotatable bonds is 5. The number of aromatic nitrogens is 2. The van der Waals surface area contributed by atoms with Gasteiger partial charge >= 0.3 is 0 Å². The van der Waals surface area contributed by atoms with E-state index in [1.807, 2.05) is 6.92 Å². The van der Waals surface area contributed by atoms with Gasteiger partial charge in [-0.1, -0.05) is 17.3 Å². The molecule has 1 aromatic heterocycles. The number of piperidine rings is 1. The maximum absolute atomic E-state index is 13.3. The number of nitrogens with zero attached hydrogens (tertiary/aromatic N) is 2. The quantitative estimate of drug-likeness (QED) is 0.859. The Hall–Kier alpha value is -2.28. The SMILES string of the molecule is CC(NC(=O)CC1CC2CCC(C1)N2)c1nc(-c2cccc(F)c2)no1. The molecule has 2 aliphatic rings. The number of amides is 1. The van der Waals surface area contributed by atoms with Gasteiger partial charge in [0.1, 0.15) is 11.9 Å². The average Bonchev–Trinajstić information content (AvgIpc) is 3.22. The normalized spacial score (nSPS) is 25.8. The van der Waals surface area contributed by atoms with Gasteiger partial charge < -0.3 is 15.2 Å². The molecule has 0 radical (unpaired) electrons. The van der Waals surface area contributed by atoms with Gasteiger partial charge in [0.25, 0.3) is 0 Å². The molecule has 2 aromatic rings. The Morgan fingerprint density at radius 1 is 1.38 bits per heavy atom. The largest absolute Gasteiger partial charge is 0.345 e. The lowest BCUT2D eigenvalue weighted by Crippen LogP contribution is -2.40. The fourth-order valence-corrected chi connectivity index (χ4v) is 4.12. The Labute approximate surface area is 151 Å². The van der Waals surface area contributed by atoms with E-state index in [9.17, 15) is 9.18 Å². The van der Waals surface area contributed by atoms with E-state index in [-0.39, 0.29) is 17.8 Å². The van der Waals surface area contributed by atoms with E-state index in [0.29, 0.717) is 41.7 Å². The van der Waals surface area contributed by atoms with Gasteiger partial charge in [0.05, 0.1) is 0 Å². The molecule has 2 aliphatic heterocycles. The fourth-order valence-electron chi connectivity index (χ4n) is 4.12. The van der Waals surface area contributed by atoms with E-state index >= 15 is 0 Å². The summed E-state index contributed by atoms with van der Waals surface area (Å²) in [7, 11) is 0. The Balaban J connectivity index is 1.34. The van der Waals surface area contributed by atoms with Gasteiger partial charge in [-0.15, -0.1) is 0 Å². The highest BCUT2D eigenvalue weighted by molar-refractivity contribution is 5.76. The van der Waals surface area contributed by atoms with Crippen molar-refractivity contribution in [2.45, 2.75) is 57.2 Å². The summed E-state index contributed by atoms with van der Waals surface area (Å²) in [5.41, 5.74) is 0.545. The lowest BCUT2D eigenvalue weighted by Gasteiger charge is -2.28. The monoisotopic (exact) mass is 358 g/mol. The van der Waals surface area contributed by atoms with Crippen LogP contribution in [0.25, 0.3) is 11.4 Å². The van der Waals surface area contributed by atoms with E-state index in [4.69, 9.17) is 4.52 Å². The molecule has 3 unspecified atom stereocenters. The molecule has 1 aromatic carbocycles. The van der Waals surface area contributed by atoms with Crippen molar-refractivity contribution >= 4 is 5.91 Å². The van der Waals surface area contributed by atoms with Crippen LogP contribution in [0, 0.1) is 11.7 Å². The molecule has 2 bridgehead atoms. The predicted molar refractivity (Wildman–Crippen MR) is 93.5 cm³/mol. The zero-order valence-electron chi connectivity index (χ0n) is 14.7. The van der Waals surface area contributed by atoms with Crippen LogP contribution in [-0.4, -0.2) is 28.1 Å². The summed E-state index contributed by atoms with van der Waals surface area (Å²) < 4.78 is 18.6. The van der Waals surface area contributed by atoms with Gasteiger partial charge in [-0.05, 0) is 50.7 Å². The van der Waals surface area contributed by atoms with Crippen molar-refractivity contribution < 1.29 is 13.7 Å². The highest BCUT2D eigenvalue weighted by Crippen LogP contribution is 2.32. The third-order valence-corrected chi connectivity index (χ3v) is 5.32. The zero-order valence-corrected chi connectivity index (χ0v) is 14.7. The molecule has 6 nitrogen and oxygen atoms in total. The first-order valence-corrected chi connectivity index (χ1v) is 9.22. The lowest BCUT2D eigenvalue weighted by atomic mass is 9.89. The second-order valence-electron chi connectivity index (χ2n) is 7.44. The smallest absolute Gasteiger partial charge is 0.249 e. The summed E-state index contributed by atoms with van der Waals surface area (Å²) in [6.07, 6.45) is 5.13. The minimum atomic E-state index is -0.379. The molecular weight excluding hydrogens is 335 g/mol. The van der Waals surface area contributed by atoms with Crippen LogP contribution < -0.4 is 10.6 Å². The van der Waals surface area contributed by atoms with E-state index in [1.165, 1.54) is 25.0 Å². The van der Waals surface area contributed by atoms with Crippen molar-refractivity contribution in [3.63, 3.8) is 0 Å². The summed E-state index contributed by atoms with van der Waals surface area (Å²) in [6.45, 7) is 1.81. The van der Waals surface area contributed by atoms with Crippen molar-refractivity contribution in [2.24, 2.45) is 5.92 Å². The van der Waals surface area contributed by atoms with Gasteiger partial charge in [0.15, 0.2) is 0 Å². The van der Waals surface area contributed by atoms with Crippen LogP contribution in [0.2, 0.25) is 0 Å². The molecule has 3 atom stereocenters. The van der Waals surface area contributed by atoms with Crippen LogP contribution in [0.5, 0.6) is 0 Å². The molecule has 7 heteroatoms. The topological polar surface area (TPSA) is 80.0 Å². The number of carbonyl (C=O) groups excluding carboxylic acids is 1. The molecular formula is C19H23FN4O2. The van der Waals surface area contributed by atoms with Crippen LogP contribution in [0.4, 0.5) is 4.39 Å². The third-order valence-electron chi connectivity index (χ3n) is 5.32. The summed E-state index contributed by atoms with van der Waals surface area (Å²) in [5, 5.41) is 10.4. The van der Waals surface area contributed by atoms with Crippen LogP contribution >= 0.6 is 0 Å². The molecule has 26 heavy (non-hydrogen) atoms. The Kier molecular flexibility index (Phi) is 4.72. The van der Waals surface area contributed by atoms with Gasteiger partial charge in [0.2, 0.25) is 17.6 Å².